The molecule has 0 atom stereocenters. The predicted octanol–water partition coefficient (Wildman–Crippen LogP) is 5.13. The number of para-hydroxylation sites is 1. The molecule has 0 fully saturated rings. The number of anilines is 4. The molecule has 0 saturated heterocycles. The van der Waals surface area contributed by atoms with Gasteiger partial charge in [-0.2, -0.15) is 10.2 Å². The molecule has 2 aromatic carbocycles. The average Bonchev–Trinajstić information content (AvgIpc) is 2.62. The number of aromatic nitrogens is 2. The number of nitriles is 1. The van der Waals surface area contributed by atoms with Crippen LogP contribution >= 0.6 is 0 Å². The molecule has 26 heavy (non-hydrogen) atoms. The Labute approximate surface area is 153 Å². The Kier molecular flexibility index (Phi) is 4.85. The summed E-state index contributed by atoms with van der Waals surface area (Å²) in [6, 6.07) is 19.3. The molecule has 5 nitrogen and oxygen atoms in total. The van der Waals surface area contributed by atoms with E-state index in [2.05, 4.69) is 59.6 Å². The lowest BCUT2D eigenvalue weighted by Crippen LogP contribution is -2.13. The van der Waals surface area contributed by atoms with Gasteiger partial charge in [0.15, 0.2) is 0 Å². The molecule has 0 saturated carbocycles. The third-order valence-electron chi connectivity index (χ3n) is 3.92. The standard InChI is InChI=1S/C21H21N5/c1-21(2,3)17-6-4-5-7-18(17)25-19-12-13-23-20(26-19)24-16-10-8-15(14-22)9-11-16/h4-13H,1-3H3,(H2,23,24,25,26). The Morgan fingerprint density at radius 1 is 0.923 bits per heavy atom. The molecule has 0 unspecified atom stereocenters. The van der Waals surface area contributed by atoms with Gasteiger partial charge in [0.2, 0.25) is 5.95 Å². The van der Waals surface area contributed by atoms with E-state index in [1.54, 1.807) is 18.3 Å². The second-order valence-corrected chi connectivity index (χ2v) is 7.00. The summed E-state index contributed by atoms with van der Waals surface area (Å²) in [4.78, 5) is 8.79. The molecular formula is C21H21N5. The van der Waals surface area contributed by atoms with Crippen molar-refractivity contribution in [3.63, 3.8) is 0 Å². The minimum atomic E-state index is 0.0280. The summed E-state index contributed by atoms with van der Waals surface area (Å²) in [5.74, 6) is 1.21. The van der Waals surface area contributed by atoms with Gasteiger partial charge >= 0.3 is 0 Å². The van der Waals surface area contributed by atoms with Crippen LogP contribution in [-0.4, -0.2) is 9.97 Å². The summed E-state index contributed by atoms with van der Waals surface area (Å²) >= 11 is 0. The minimum absolute atomic E-state index is 0.0280. The summed E-state index contributed by atoms with van der Waals surface area (Å²) in [5.41, 5.74) is 3.73. The quantitative estimate of drug-likeness (QED) is 0.687. The molecule has 0 aliphatic heterocycles. The SMILES string of the molecule is CC(C)(C)c1ccccc1Nc1ccnc(Nc2ccc(C#N)cc2)n1. The first-order valence-electron chi connectivity index (χ1n) is 8.42. The first kappa shape index (κ1) is 17.4. The molecule has 0 spiro atoms. The molecular weight excluding hydrogens is 322 g/mol. The van der Waals surface area contributed by atoms with E-state index in [4.69, 9.17) is 5.26 Å². The summed E-state index contributed by atoms with van der Waals surface area (Å²) in [6.07, 6.45) is 1.71. The minimum Gasteiger partial charge on any atom is -0.340 e. The highest BCUT2D eigenvalue weighted by atomic mass is 15.1. The van der Waals surface area contributed by atoms with Gasteiger partial charge in [-0.05, 0) is 47.4 Å². The molecule has 5 heteroatoms. The second kappa shape index (κ2) is 7.24. The number of nitrogens with one attached hydrogen (secondary N) is 2. The molecule has 0 aliphatic rings. The van der Waals surface area contributed by atoms with Crippen LogP contribution in [0.25, 0.3) is 0 Å². The highest BCUT2D eigenvalue weighted by Crippen LogP contribution is 2.31. The van der Waals surface area contributed by atoms with Gasteiger partial charge < -0.3 is 10.6 Å². The molecule has 1 heterocycles. The molecule has 0 radical (unpaired) electrons. The topological polar surface area (TPSA) is 73.6 Å². The number of hydrogen-bond acceptors (Lipinski definition) is 5. The van der Waals surface area contributed by atoms with Crippen molar-refractivity contribution in [3.8, 4) is 6.07 Å². The Morgan fingerprint density at radius 2 is 1.65 bits per heavy atom. The van der Waals surface area contributed by atoms with Crippen LogP contribution in [0.4, 0.5) is 23.1 Å². The molecule has 0 bridgehead atoms. The molecule has 3 aromatic rings. The van der Waals surface area contributed by atoms with Crippen LogP contribution in [-0.2, 0) is 5.41 Å². The summed E-state index contributed by atoms with van der Waals surface area (Å²) in [5, 5.41) is 15.4. The Morgan fingerprint density at radius 3 is 2.35 bits per heavy atom. The largest absolute Gasteiger partial charge is 0.340 e. The van der Waals surface area contributed by atoms with Crippen molar-refractivity contribution in [1.82, 2.24) is 9.97 Å². The molecule has 0 aliphatic carbocycles. The fraction of sp³-hybridized carbons (Fsp3) is 0.190. The monoisotopic (exact) mass is 343 g/mol. The maximum atomic E-state index is 8.87. The molecule has 2 N–H and O–H groups in total. The second-order valence-electron chi connectivity index (χ2n) is 7.00. The van der Waals surface area contributed by atoms with Crippen molar-refractivity contribution in [1.29, 1.82) is 5.26 Å². The molecule has 3 rings (SSSR count). The van der Waals surface area contributed by atoms with Gasteiger partial charge in [0.1, 0.15) is 5.82 Å². The number of benzene rings is 2. The third kappa shape index (κ3) is 4.17. The summed E-state index contributed by atoms with van der Waals surface area (Å²) < 4.78 is 0. The van der Waals surface area contributed by atoms with E-state index in [0.717, 1.165) is 11.4 Å². The van der Waals surface area contributed by atoms with Crippen LogP contribution in [0.2, 0.25) is 0 Å². The van der Waals surface area contributed by atoms with Gasteiger partial charge in [-0.25, -0.2) is 4.98 Å². The first-order chi connectivity index (χ1) is 12.5. The van der Waals surface area contributed by atoms with Crippen molar-refractivity contribution in [3.05, 3.63) is 71.9 Å². The van der Waals surface area contributed by atoms with Crippen LogP contribution < -0.4 is 10.6 Å². The number of hydrogen-bond donors (Lipinski definition) is 2. The average molecular weight is 343 g/mol. The van der Waals surface area contributed by atoms with Crippen LogP contribution in [0, 0.1) is 11.3 Å². The normalized spacial score (nSPS) is 10.8. The van der Waals surface area contributed by atoms with E-state index in [0.29, 0.717) is 17.3 Å². The van der Waals surface area contributed by atoms with Crippen molar-refractivity contribution < 1.29 is 0 Å². The van der Waals surface area contributed by atoms with E-state index in [-0.39, 0.29) is 5.41 Å². The Bertz CT molecular complexity index is 934. The Balaban J connectivity index is 1.81. The van der Waals surface area contributed by atoms with Gasteiger partial charge in [-0.1, -0.05) is 39.0 Å². The highest BCUT2D eigenvalue weighted by molar-refractivity contribution is 5.63. The Hall–Kier alpha value is -3.39. The van der Waals surface area contributed by atoms with E-state index in [1.807, 2.05) is 30.3 Å². The molecule has 0 amide bonds. The van der Waals surface area contributed by atoms with E-state index in [9.17, 15) is 0 Å². The van der Waals surface area contributed by atoms with Crippen molar-refractivity contribution in [2.75, 3.05) is 10.6 Å². The van der Waals surface area contributed by atoms with Crippen molar-refractivity contribution in [2.45, 2.75) is 26.2 Å². The zero-order valence-corrected chi connectivity index (χ0v) is 15.1. The van der Waals surface area contributed by atoms with Gasteiger partial charge in [0, 0.05) is 17.6 Å². The maximum Gasteiger partial charge on any atom is 0.229 e. The van der Waals surface area contributed by atoms with Crippen LogP contribution in [0.15, 0.2) is 60.8 Å². The molecule has 1 aromatic heterocycles. The number of nitrogens with zero attached hydrogens (tertiary/aromatic N) is 3. The van der Waals surface area contributed by atoms with Gasteiger partial charge in [-0.3, -0.25) is 0 Å². The van der Waals surface area contributed by atoms with E-state index < -0.39 is 0 Å². The zero-order chi connectivity index (χ0) is 18.6. The van der Waals surface area contributed by atoms with Crippen molar-refractivity contribution in [2.24, 2.45) is 0 Å². The third-order valence-corrected chi connectivity index (χ3v) is 3.92. The van der Waals surface area contributed by atoms with Gasteiger partial charge in [-0.15, -0.1) is 0 Å². The fourth-order valence-corrected chi connectivity index (χ4v) is 2.63. The number of rotatable bonds is 4. The zero-order valence-electron chi connectivity index (χ0n) is 15.1. The predicted molar refractivity (Wildman–Crippen MR) is 105 cm³/mol. The highest BCUT2D eigenvalue weighted by Gasteiger charge is 2.17. The van der Waals surface area contributed by atoms with Crippen LogP contribution in [0.3, 0.4) is 0 Å². The van der Waals surface area contributed by atoms with Crippen LogP contribution in [0.1, 0.15) is 31.9 Å². The fourth-order valence-electron chi connectivity index (χ4n) is 2.63. The first-order valence-corrected chi connectivity index (χ1v) is 8.42. The van der Waals surface area contributed by atoms with Crippen molar-refractivity contribution >= 4 is 23.1 Å². The lowest BCUT2D eigenvalue weighted by atomic mass is 9.86. The summed E-state index contributed by atoms with van der Waals surface area (Å²) in [7, 11) is 0. The molecule has 130 valence electrons. The van der Waals surface area contributed by atoms with E-state index >= 15 is 0 Å². The van der Waals surface area contributed by atoms with Gasteiger partial charge in [0.05, 0.1) is 11.6 Å². The van der Waals surface area contributed by atoms with E-state index in [1.165, 1.54) is 5.56 Å². The summed E-state index contributed by atoms with van der Waals surface area (Å²) in [6.45, 7) is 6.56. The lowest BCUT2D eigenvalue weighted by molar-refractivity contribution is 0.592. The maximum absolute atomic E-state index is 8.87. The van der Waals surface area contributed by atoms with Crippen LogP contribution in [0.5, 0.6) is 0 Å². The van der Waals surface area contributed by atoms with Gasteiger partial charge in [0.25, 0.3) is 0 Å². The smallest absolute Gasteiger partial charge is 0.229 e. The lowest BCUT2D eigenvalue weighted by Gasteiger charge is -2.23.